The summed E-state index contributed by atoms with van der Waals surface area (Å²) in [5, 5.41) is 7.01. The topological polar surface area (TPSA) is 41.9 Å². The first-order valence-electron chi connectivity index (χ1n) is 8.96. The van der Waals surface area contributed by atoms with Crippen molar-refractivity contribution in [2.24, 2.45) is 5.10 Å². The summed E-state index contributed by atoms with van der Waals surface area (Å²) in [6, 6.07) is 28.3. The van der Waals surface area contributed by atoms with Crippen LogP contribution >= 0.6 is 0 Å². The van der Waals surface area contributed by atoms with Gasteiger partial charge in [0.05, 0.1) is 17.4 Å². The third kappa shape index (κ3) is 3.75. The van der Waals surface area contributed by atoms with Crippen LogP contribution in [0.15, 0.2) is 90.0 Å². The maximum Gasteiger partial charge on any atom is 0.308 e. The molecule has 4 heteroatoms. The van der Waals surface area contributed by atoms with E-state index in [1.807, 2.05) is 48.5 Å². The van der Waals surface area contributed by atoms with Gasteiger partial charge in [0.25, 0.3) is 0 Å². The number of hydrogen-bond donors (Lipinski definition) is 0. The van der Waals surface area contributed by atoms with Gasteiger partial charge in [-0.2, -0.15) is 5.10 Å². The molecule has 0 amide bonds. The summed E-state index contributed by atoms with van der Waals surface area (Å²) in [7, 11) is 0. The molecule has 0 spiro atoms. The lowest BCUT2D eigenvalue weighted by Crippen LogP contribution is -2.18. The van der Waals surface area contributed by atoms with E-state index in [1.54, 1.807) is 0 Å². The highest BCUT2D eigenvalue weighted by Gasteiger charge is 2.29. The largest absolute Gasteiger partial charge is 0.427 e. The number of para-hydroxylation sites is 1. The standard InChI is InChI=1S/C23H20N2O2/c1-17(26)27-21-14-12-18(13-15-21)22-16-23(19-8-4-2-5-9-19)25(24-22)20-10-6-3-7-11-20/h2-15,23H,16H2,1H3/t23-/m0/s1. The first-order valence-corrected chi connectivity index (χ1v) is 8.96. The second-order valence-electron chi connectivity index (χ2n) is 6.48. The summed E-state index contributed by atoms with van der Waals surface area (Å²) in [6.45, 7) is 1.40. The highest BCUT2D eigenvalue weighted by atomic mass is 16.5. The van der Waals surface area contributed by atoms with Crippen molar-refractivity contribution in [1.82, 2.24) is 0 Å². The molecule has 4 nitrogen and oxygen atoms in total. The Balaban J connectivity index is 1.66. The van der Waals surface area contributed by atoms with Crippen molar-refractivity contribution in [3.8, 4) is 5.75 Å². The van der Waals surface area contributed by atoms with Crippen molar-refractivity contribution < 1.29 is 9.53 Å². The molecular weight excluding hydrogens is 336 g/mol. The molecule has 1 aliphatic heterocycles. The maximum atomic E-state index is 11.1. The highest BCUT2D eigenvalue weighted by molar-refractivity contribution is 6.03. The Morgan fingerprint density at radius 1 is 0.926 bits per heavy atom. The molecule has 1 heterocycles. The Kier molecular flexibility index (Phi) is 4.71. The molecule has 1 aliphatic rings. The zero-order valence-corrected chi connectivity index (χ0v) is 15.1. The van der Waals surface area contributed by atoms with E-state index in [2.05, 4.69) is 41.4 Å². The van der Waals surface area contributed by atoms with Crippen LogP contribution in [0.5, 0.6) is 5.75 Å². The Morgan fingerprint density at radius 2 is 1.56 bits per heavy atom. The molecule has 0 aromatic heterocycles. The smallest absolute Gasteiger partial charge is 0.308 e. The van der Waals surface area contributed by atoms with Gasteiger partial charge in [-0.3, -0.25) is 9.80 Å². The van der Waals surface area contributed by atoms with Crippen LogP contribution in [0.25, 0.3) is 0 Å². The number of anilines is 1. The fourth-order valence-corrected chi connectivity index (χ4v) is 3.32. The monoisotopic (exact) mass is 356 g/mol. The lowest BCUT2D eigenvalue weighted by Gasteiger charge is -2.23. The fourth-order valence-electron chi connectivity index (χ4n) is 3.32. The molecule has 0 unspecified atom stereocenters. The third-order valence-electron chi connectivity index (χ3n) is 4.56. The number of carbonyl (C=O) groups is 1. The minimum absolute atomic E-state index is 0.150. The molecule has 0 saturated heterocycles. The number of ether oxygens (including phenoxy) is 1. The van der Waals surface area contributed by atoms with Gasteiger partial charge >= 0.3 is 5.97 Å². The Hall–Kier alpha value is -3.40. The predicted octanol–water partition coefficient (Wildman–Crippen LogP) is 4.97. The van der Waals surface area contributed by atoms with E-state index in [0.717, 1.165) is 23.4 Å². The van der Waals surface area contributed by atoms with Gasteiger partial charge in [-0.1, -0.05) is 48.5 Å². The van der Waals surface area contributed by atoms with E-state index in [-0.39, 0.29) is 12.0 Å². The molecular formula is C23H20N2O2. The highest BCUT2D eigenvalue weighted by Crippen LogP contribution is 2.36. The second kappa shape index (κ2) is 7.46. The summed E-state index contributed by atoms with van der Waals surface area (Å²) in [5.74, 6) is 0.227. The summed E-state index contributed by atoms with van der Waals surface area (Å²) >= 11 is 0. The van der Waals surface area contributed by atoms with Crippen LogP contribution < -0.4 is 9.75 Å². The zero-order chi connectivity index (χ0) is 18.6. The van der Waals surface area contributed by atoms with Crippen molar-refractivity contribution in [2.45, 2.75) is 19.4 Å². The van der Waals surface area contributed by atoms with Crippen LogP contribution in [-0.4, -0.2) is 11.7 Å². The molecule has 4 rings (SSSR count). The lowest BCUT2D eigenvalue weighted by molar-refractivity contribution is -0.131. The average Bonchev–Trinajstić information content (AvgIpc) is 3.15. The van der Waals surface area contributed by atoms with Crippen molar-refractivity contribution >= 4 is 17.4 Å². The molecule has 134 valence electrons. The first-order chi connectivity index (χ1) is 13.2. The van der Waals surface area contributed by atoms with Gasteiger partial charge in [0.2, 0.25) is 0 Å². The quantitative estimate of drug-likeness (QED) is 0.490. The van der Waals surface area contributed by atoms with Gasteiger partial charge in [-0.05, 0) is 47.5 Å². The number of hydrazone groups is 1. The van der Waals surface area contributed by atoms with Crippen LogP contribution in [0.1, 0.15) is 30.5 Å². The molecule has 0 aliphatic carbocycles. The van der Waals surface area contributed by atoms with E-state index in [0.29, 0.717) is 5.75 Å². The molecule has 0 bridgehead atoms. The molecule has 3 aromatic rings. The minimum atomic E-state index is -0.319. The summed E-state index contributed by atoms with van der Waals surface area (Å²) in [4.78, 5) is 11.1. The van der Waals surface area contributed by atoms with E-state index in [1.165, 1.54) is 12.5 Å². The maximum absolute atomic E-state index is 11.1. The van der Waals surface area contributed by atoms with Gasteiger partial charge in [0, 0.05) is 13.3 Å². The molecule has 3 aromatic carbocycles. The molecule has 0 radical (unpaired) electrons. The number of rotatable bonds is 4. The molecule has 0 N–H and O–H groups in total. The number of hydrogen-bond acceptors (Lipinski definition) is 4. The fraction of sp³-hybridized carbons (Fsp3) is 0.130. The van der Waals surface area contributed by atoms with E-state index < -0.39 is 0 Å². The summed E-state index contributed by atoms with van der Waals surface area (Å²) in [6.07, 6.45) is 0.811. The lowest BCUT2D eigenvalue weighted by atomic mass is 9.98. The van der Waals surface area contributed by atoms with Gasteiger partial charge in [-0.15, -0.1) is 0 Å². The summed E-state index contributed by atoms with van der Waals surface area (Å²) in [5.41, 5.74) is 4.35. The van der Waals surface area contributed by atoms with Crippen LogP contribution in [0.2, 0.25) is 0 Å². The van der Waals surface area contributed by atoms with Crippen LogP contribution in [0.3, 0.4) is 0 Å². The van der Waals surface area contributed by atoms with Gasteiger partial charge in [0.1, 0.15) is 5.75 Å². The zero-order valence-electron chi connectivity index (χ0n) is 15.1. The number of nitrogens with zero attached hydrogens (tertiary/aromatic N) is 2. The minimum Gasteiger partial charge on any atom is -0.427 e. The van der Waals surface area contributed by atoms with Crippen LogP contribution in [-0.2, 0) is 4.79 Å². The Labute approximate surface area is 158 Å². The Bertz CT molecular complexity index is 951. The van der Waals surface area contributed by atoms with Gasteiger partial charge < -0.3 is 4.74 Å². The van der Waals surface area contributed by atoms with Gasteiger partial charge in [0.15, 0.2) is 0 Å². The van der Waals surface area contributed by atoms with Crippen molar-refractivity contribution in [2.75, 3.05) is 5.01 Å². The van der Waals surface area contributed by atoms with Crippen molar-refractivity contribution in [1.29, 1.82) is 0 Å². The number of benzene rings is 3. The summed E-state index contributed by atoms with van der Waals surface area (Å²) < 4.78 is 5.12. The SMILES string of the molecule is CC(=O)Oc1ccc(C2=NN(c3ccccc3)[C@H](c3ccccc3)C2)cc1. The van der Waals surface area contributed by atoms with E-state index in [9.17, 15) is 4.79 Å². The predicted molar refractivity (Wildman–Crippen MR) is 107 cm³/mol. The average molecular weight is 356 g/mol. The van der Waals surface area contributed by atoms with Crippen LogP contribution in [0, 0.1) is 0 Å². The van der Waals surface area contributed by atoms with Crippen molar-refractivity contribution in [3.63, 3.8) is 0 Å². The number of carbonyl (C=O) groups excluding carboxylic acids is 1. The number of esters is 1. The Morgan fingerprint density at radius 3 is 2.19 bits per heavy atom. The van der Waals surface area contributed by atoms with Crippen molar-refractivity contribution in [3.05, 3.63) is 96.1 Å². The van der Waals surface area contributed by atoms with Crippen LogP contribution in [0.4, 0.5) is 5.69 Å². The molecule has 0 saturated carbocycles. The van der Waals surface area contributed by atoms with E-state index in [4.69, 9.17) is 9.84 Å². The molecule has 27 heavy (non-hydrogen) atoms. The third-order valence-corrected chi connectivity index (χ3v) is 4.56. The second-order valence-corrected chi connectivity index (χ2v) is 6.48. The van der Waals surface area contributed by atoms with E-state index >= 15 is 0 Å². The first kappa shape index (κ1) is 17.0. The van der Waals surface area contributed by atoms with Gasteiger partial charge in [-0.25, -0.2) is 0 Å². The molecule has 0 fully saturated rings. The normalized spacial score (nSPS) is 16.1. The molecule has 1 atom stereocenters.